The van der Waals surface area contributed by atoms with Crippen molar-refractivity contribution < 1.29 is 19.1 Å². The predicted molar refractivity (Wildman–Crippen MR) is 85.8 cm³/mol. The zero-order chi connectivity index (χ0) is 16.9. The maximum absolute atomic E-state index is 12.2. The summed E-state index contributed by atoms with van der Waals surface area (Å²) in [7, 11) is 1.65. The van der Waals surface area contributed by atoms with Crippen LogP contribution in [-0.2, 0) is 16.5 Å². The summed E-state index contributed by atoms with van der Waals surface area (Å²) in [4.78, 5) is 24.4. The Kier molecular flexibility index (Phi) is 5.47. The van der Waals surface area contributed by atoms with Gasteiger partial charge in [0.25, 0.3) is 11.8 Å². The van der Waals surface area contributed by atoms with Gasteiger partial charge in [0.2, 0.25) is 0 Å². The van der Waals surface area contributed by atoms with Gasteiger partial charge < -0.3 is 20.1 Å². The molecule has 0 aliphatic carbocycles. The lowest BCUT2D eigenvalue weighted by Crippen LogP contribution is -2.32. The molecule has 3 heterocycles. The lowest BCUT2D eigenvalue weighted by atomic mass is 10.2. The van der Waals surface area contributed by atoms with Gasteiger partial charge in [0.05, 0.1) is 12.2 Å². The van der Waals surface area contributed by atoms with E-state index in [0.717, 1.165) is 38.9 Å². The van der Waals surface area contributed by atoms with Gasteiger partial charge in [0, 0.05) is 39.4 Å². The molecule has 3 rings (SSSR count). The molecule has 8 heteroatoms. The molecule has 0 aromatic carbocycles. The minimum absolute atomic E-state index is 0.0758. The molecule has 1 aromatic heterocycles. The minimum atomic E-state index is -0.292. The van der Waals surface area contributed by atoms with Gasteiger partial charge >= 0.3 is 0 Å². The van der Waals surface area contributed by atoms with Gasteiger partial charge in [0.15, 0.2) is 5.69 Å². The molecular formula is C16H24N4O4. The van der Waals surface area contributed by atoms with E-state index in [1.54, 1.807) is 7.05 Å². The fourth-order valence-electron chi connectivity index (χ4n) is 3.00. The van der Waals surface area contributed by atoms with Crippen LogP contribution in [0.15, 0.2) is 6.07 Å². The molecule has 0 saturated carbocycles. The second kappa shape index (κ2) is 7.76. The van der Waals surface area contributed by atoms with Crippen LogP contribution >= 0.6 is 0 Å². The van der Waals surface area contributed by atoms with Crippen molar-refractivity contribution in [2.75, 3.05) is 26.3 Å². The summed E-state index contributed by atoms with van der Waals surface area (Å²) < 4.78 is 12.4. The van der Waals surface area contributed by atoms with E-state index in [0.29, 0.717) is 18.8 Å². The van der Waals surface area contributed by atoms with Crippen LogP contribution in [0.25, 0.3) is 0 Å². The van der Waals surface area contributed by atoms with Gasteiger partial charge in [-0.3, -0.25) is 14.3 Å². The number of hydrogen-bond acceptors (Lipinski definition) is 5. The first kappa shape index (κ1) is 16.9. The number of amides is 2. The highest BCUT2D eigenvalue weighted by Crippen LogP contribution is 2.12. The fourth-order valence-corrected chi connectivity index (χ4v) is 3.00. The third-order valence-corrected chi connectivity index (χ3v) is 4.37. The number of hydrogen-bond donors (Lipinski definition) is 2. The monoisotopic (exact) mass is 336 g/mol. The number of carbonyl (C=O) groups excluding carboxylic acids is 2. The molecule has 2 aliphatic heterocycles. The van der Waals surface area contributed by atoms with E-state index in [1.807, 2.05) is 0 Å². The van der Waals surface area contributed by atoms with Gasteiger partial charge in [-0.2, -0.15) is 5.10 Å². The first-order valence-electron chi connectivity index (χ1n) is 8.47. The Morgan fingerprint density at radius 2 is 1.71 bits per heavy atom. The number of aryl methyl sites for hydroxylation is 1. The summed E-state index contributed by atoms with van der Waals surface area (Å²) in [5.41, 5.74) is 0.591. The second-order valence-corrected chi connectivity index (χ2v) is 6.23. The number of aromatic nitrogens is 2. The number of carbonyl (C=O) groups is 2. The topological polar surface area (TPSA) is 94.5 Å². The summed E-state index contributed by atoms with van der Waals surface area (Å²) in [5.74, 6) is -0.544. The molecule has 2 amide bonds. The predicted octanol–water partition coefficient (Wildman–Crippen LogP) is 0.238. The van der Waals surface area contributed by atoms with Crippen molar-refractivity contribution >= 4 is 11.8 Å². The third-order valence-electron chi connectivity index (χ3n) is 4.37. The van der Waals surface area contributed by atoms with Crippen molar-refractivity contribution in [3.05, 3.63) is 17.5 Å². The van der Waals surface area contributed by atoms with Crippen molar-refractivity contribution in [1.82, 2.24) is 20.4 Å². The summed E-state index contributed by atoms with van der Waals surface area (Å²) >= 11 is 0. The molecule has 1 aromatic rings. The van der Waals surface area contributed by atoms with E-state index in [4.69, 9.17) is 9.47 Å². The van der Waals surface area contributed by atoms with Crippen LogP contribution in [0.3, 0.4) is 0 Å². The highest BCUT2D eigenvalue weighted by atomic mass is 16.5. The molecular weight excluding hydrogens is 312 g/mol. The SMILES string of the molecule is Cn1nc(C(=O)NC[C@@H]2CCCO2)cc1C(=O)NC[C@H]1CCCO1. The Morgan fingerprint density at radius 1 is 1.12 bits per heavy atom. The highest BCUT2D eigenvalue weighted by Gasteiger charge is 2.21. The van der Waals surface area contributed by atoms with Crippen molar-refractivity contribution in [3.63, 3.8) is 0 Å². The Labute approximate surface area is 140 Å². The molecule has 0 bridgehead atoms. The highest BCUT2D eigenvalue weighted by molar-refractivity contribution is 5.97. The molecule has 8 nitrogen and oxygen atoms in total. The van der Waals surface area contributed by atoms with Crippen molar-refractivity contribution in [2.24, 2.45) is 7.05 Å². The van der Waals surface area contributed by atoms with Crippen LogP contribution in [0, 0.1) is 0 Å². The second-order valence-electron chi connectivity index (χ2n) is 6.23. The third kappa shape index (κ3) is 4.12. The number of ether oxygens (including phenoxy) is 2. The van der Waals surface area contributed by atoms with Crippen molar-refractivity contribution in [1.29, 1.82) is 0 Å². The Hall–Kier alpha value is -1.93. The molecule has 132 valence electrons. The Balaban J connectivity index is 1.52. The first-order valence-corrected chi connectivity index (χ1v) is 8.47. The van der Waals surface area contributed by atoms with Crippen molar-refractivity contribution in [2.45, 2.75) is 37.9 Å². The summed E-state index contributed by atoms with van der Waals surface area (Å²) in [6, 6.07) is 1.51. The van der Waals surface area contributed by atoms with Crippen LogP contribution in [0.2, 0.25) is 0 Å². The Morgan fingerprint density at radius 3 is 2.25 bits per heavy atom. The molecule has 0 radical (unpaired) electrons. The largest absolute Gasteiger partial charge is 0.376 e. The van der Waals surface area contributed by atoms with Gasteiger partial charge in [0.1, 0.15) is 5.69 Å². The lowest BCUT2D eigenvalue weighted by Gasteiger charge is -2.10. The molecule has 2 saturated heterocycles. The van der Waals surface area contributed by atoms with E-state index >= 15 is 0 Å². The van der Waals surface area contributed by atoms with Crippen LogP contribution in [0.1, 0.15) is 46.7 Å². The minimum Gasteiger partial charge on any atom is -0.376 e. The molecule has 0 spiro atoms. The lowest BCUT2D eigenvalue weighted by molar-refractivity contribution is 0.0848. The van der Waals surface area contributed by atoms with Gasteiger partial charge in [-0.25, -0.2) is 0 Å². The molecule has 24 heavy (non-hydrogen) atoms. The average molecular weight is 336 g/mol. The van der Waals surface area contributed by atoms with Gasteiger partial charge in [-0.05, 0) is 25.7 Å². The average Bonchev–Trinajstić information content (AvgIpc) is 3.31. The molecule has 2 N–H and O–H groups in total. The maximum Gasteiger partial charge on any atom is 0.271 e. The molecule has 2 fully saturated rings. The number of nitrogens with zero attached hydrogens (tertiary/aromatic N) is 2. The summed E-state index contributed by atoms with van der Waals surface area (Å²) in [6.07, 6.45) is 4.13. The van der Waals surface area contributed by atoms with E-state index in [1.165, 1.54) is 10.7 Å². The van der Waals surface area contributed by atoms with E-state index in [9.17, 15) is 9.59 Å². The molecule has 2 atom stereocenters. The van der Waals surface area contributed by atoms with Crippen LogP contribution in [-0.4, -0.2) is 60.1 Å². The Bertz CT molecular complexity index is 589. The molecule has 0 unspecified atom stereocenters. The summed E-state index contributed by atoms with van der Waals surface area (Å²) in [5, 5.41) is 9.77. The van der Waals surface area contributed by atoms with E-state index in [-0.39, 0.29) is 29.7 Å². The van der Waals surface area contributed by atoms with E-state index < -0.39 is 0 Å². The van der Waals surface area contributed by atoms with Gasteiger partial charge in [-0.15, -0.1) is 0 Å². The zero-order valence-electron chi connectivity index (χ0n) is 13.9. The maximum atomic E-state index is 12.2. The van der Waals surface area contributed by atoms with Crippen LogP contribution < -0.4 is 10.6 Å². The zero-order valence-corrected chi connectivity index (χ0v) is 13.9. The van der Waals surface area contributed by atoms with Gasteiger partial charge in [-0.1, -0.05) is 0 Å². The quantitative estimate of drug-likeness (QED) is 0.776. The molecule has 2 aliphatic rings. The summed E-state index contributed by atoms with van der Waals surface area (Å²) in [6.45, 7) is 2.45. The van der Waals surface area contributed by atoms with Crippen LogP contribution in [0.4, 0.5) is 0 Å². The number of rotatable bonds is 6. The first-order chi connectivity index (χ1) is 11.6. The van der Waals surface area contributed by atoms with Crippen molar-refractivity contribution in [3.8, 4) is 0 Å². The number of nitrogens with one attached hydrogen (secondary N) is 2. The normalized spacial score (nSPS) is 23.4. The van der Waals surface area contributed by atoms with E-state index in [2.05, 4.69) is 15.7 Å². The smallest absolute Gasteiger partial charge is 0.271 e. The standard InChI is InChI=1S/C16H24N4O4/c1-20-14(16(22)18-10-12-5-3-7-24-12)8-13(19-20)15(21)17-9-11-4-2-6-23-11/h8,11-12H,2-7,9-10H2,1H3,(H,17,21)(H,18,22)/t11-,12+/m0/s1. The van der Waals surface area contributed by atoms with Crippen LogP contribution in [0.5, 0.6) is 0 Å². The fraction of sp³-hybridized carbons (Fsp3) is 0.688.